The number of hydrogen-bond donors (Lipinski definition) is 0. The van der Waals surface area contributed by atoms with Gasteiger partial charge < -0.3 is 28.5 Å². The van der Waals surface area contributed by atoms with Crippen LogP contribution < -0.4 is 24.0 Å². The summed E-state index contributed by atoms with van der Waals surface area (Å²) in [5.41, 5.74) is 0. The zero-order chi connectivity index (χ0) is 7.90. The lowest BCUT2D eigenvalue weighted by molar-refractivity contribution is -0.920. The molecule has 0 spiro atoms. The van der Waals surface area contributed by atoms with Gasteiger partial charge in [0.15, 0.2) is 0 Å². The van der Waals surface area contributed by atoms with Crippen molar-refractivity contribution in [3.8, 4) is 0 Å². The first-order valence-electron chi connectivity index (χ1n) is 5.10. The summed E-state index contributed by atoms with van der Waals surface area (Å²) < 4.78 is 1.38. The molecule has 0 aromatic heterocycles. The van der Waals surface area contributed by atoms with Crippen LogP contribution in [0.3, 0.4) is 0 Å². The Bertz CT molecular complexity index is 160. The average molecular weight is 281 g/mol. The molecule has 2 aliphatic rings. The van der Waals surface area contributed by atoms with E-state index < -0.39 is 0 Å². The van der Waals surface area contributed by atoms with Crippen molar-refractivity contribution >= 4 is 0 Å². The maximum Gasteiger partial charge on any atom is 0.0918 e. The van der Waals surface area contributed by atoms with E-state index in [0.717, 1.165) is 12.0 Å². The van der Waals surface area contributed by atoms with Crippen LogP contribution in [0.25, 0.3) is 0 Å². The van der Waals surface area contributed by atoms with E-state index in [-0.39, 0.29) is 24.0 Å². The summed E-state index contributed by atoms with van der Waals surface area (Å²) in [5.74, 6) is 1.10. The molecule has 0 aromatic rings. The van der Waals surface area contributed by atoms with E-state index in [1.807, 2.05) is 0 Å². The minimum absolute atomic E-state index is 0. The monoisotopic (exact) mass is 281 g/mol. The molecule has 0 amide bonds. The molecule has 0 N–H and O–H groups in total. The fourth-order valence-electron chi connectivity index (χ4n) is 3.19. The Morgan fingerprint density at radius 3 is 2.67 bits per heavy atom. The van der Waals surface area contributed by atoms with Crippen molar-refractivity contribution < 1.29 is 28.5 Å². The number of rotatable bonds is 1. The zero-order valence-electron chi connectivity index (χ0n) is 8.22. The highest BCUT2D eigenvalue weighted by Crippen LogP contribution is 2.41. The van der Waals surface area contributed by atoms with Crippen molar-refractivity contribution in [1.29, 1.82) is 0 Å². The van der Waals surface area contributed by atoms with Crippen LogP contribution in [-0.2, 0) is 0 Å². The SMILES string of the molecule is CC[N+]1(C)CCC2CCCC21.[I-]. The van der Waals surface area contributed by atoms with Gasteiger partial charge in [-0.05, 0) is 26.2 Å². The highest BCUT2D eigenvalue weighted by atomic mass is 127. The van der Waals surface area contributed by atoms with Crippen LogP contribution in [0.1, 0.15) is 32.6 Å². The molecule has 3 unspecified atom stereocenters. The first-order valence-corrected chi connectivity index (χ1v) is 5.10. The quantitative estimate of drug-likeness (QED) is 0.428. The Labute approximate surface area is 93.1 Å². The molecule has 1 saturated carbocycles. The highest BCUT2D eigenvalue weighted by Gasteiger charge is 2.46. The third-order valence-electron chi connectivity index (χ3n) is 4.15. The zero-order valence-corrected chi connectivity index (χ0v) is 10.4. The number of fused-ring (bicyclic) bond motifs is 1. The van der Waals surface area contributed by atoms with Crippen molar-refractivity contribution in [2.75, 3.05) is 20.1 Å². The predicted molar refractivity (Wildman–Crippen MR) is 47.3 cm³/mol. The third kappa shape index (κ3) is 1.52. The molecular formula is C10H20IN. The second kappa shape index (κ2) is 3.82. The van der Waals surface area contributed by atoms with Gasteiger partial charge in [-0.15, -0.1) is 0 Å². The average Bonchev–Trinajstić information content (AvgIpc) is 2.55. The molecule has 1 saturated heterocycles. The highest BCUT2D eigenvalue weighted by molar-refractivity contribution is 4.83. The summed E-state index contributed by atoms with van der Waals surface area (Å²) >= 11 is 0. The second-order valence-electron chi connectivity index (χ2n) is 4.57. The van der Waals surface area contributed by atoms with Crippen molar-refractivity contribution in [1.82, 2.24) is 0 Å². The topological polar surface area (TPSA) is 0 Å². The van der Waals surface area contributed by atoms with E-state index in [9.17, 15) is 0 Å². The van der Waals surface area contributed by atoms with Gasteiger partial charge in [-0.25, -0.2) is 0 Å². The fourth-order valence-corrected chi connectivity index (χ4v) is 3.19. The molecule has 12 heavy (non-hydrogen) atoms. The minimum atomic E-state index is 0. The lowest BCUT2D eigenvalue weighted by Gasteiger charge is -2.34. The summed E-state index contributed by atoms with van der Waals surface area (Å²) in [7, 11) is 2.45. The largest absolute Gasteiger partial charge is 1.00 e. The number of likely N-dealkylation sites (tertiary alicyclic amines) is 1. The number of quaternary nitrogens is 1. The predicted octanol–water partition coefficient (Wildman–Crippen LogP) is -0.971. The maximum atomic E-state index is 2.45. The molecule has 72 valence electrons. The number of halogens is 1. The Balaban J connectivity index is 0.000000720. The van der Waals surface area contributed by atoms with Crippen LogP contribution in [0, 0.1) is 5.92 Å². The van der Waals surface area contributed by atoms with E-state index in [4.69, 9.17) is 0 Å². The molecule has 0 bridgehead atoms. The van der Waals surface area contributed by atoms with Crippen LogP contribution in [0.4, 0.5) is 0 Å². The van der Waals surface area contributed by atoms with Crippen molar-refractivity contribution in [2.45, 2.75) is 38.6 Å². The third-order valence-corrected chi connectivity index (χ3v) is 4.15. The van der Waals surface area contributed by atoms with Crippen molar-refractivity contribution in [3.05, 3.63) is 0 Å². The van der Waals surface area contributed by atoms with Crippen molar-refractivity contribution in [3.63, 3.8) is 0 Å². The van der Waals surface area contributed by atoms with E-state index in [2.05, 4.69) is 14.0 Å². The molecule has 2 rings (SSSR count). The normalized spacial score (nSPS) is 45.5. The van der Waals surface area contributed by atoms with Crippen LogP contribution in [0.5, 0.6) is 0 Å². The smallest absolute Gasteiger partial charge is 0.0918 e. The molecule has 0 aromatic carbocycles. The van der Waals surface area contributed by atoms with Gasteiger partial charge in [0.2, 0.25) is 0 Å². The fraction of sp³-hybridized carbons (Fsp3) is 1.00. The lowest BCUT2D eigenvalue weighted by Crippen LogP contribution is -3.00. The standard InChI is InChI=1S/C10H20N.HI/c1-3-11(2)8-7-9-5-4-6-10(9)11;/h9-10H,3-8H2,1-2H3;1H/q+1;/p-1. The van der Waals surface area contributed by atoms with E-state index in [1.54, 1.807) is 0 Å². The Kier molecular flexibility index (Phi) is 3.43. The van der Waals surface area contributed by atoms with E-state index in [1.165, 1.54) is 43.3 Å². The molecular weight excluding hydrogens is 261 g/mol. The summed E-state index contributed by atoms with van der Waals surface area (Å²) in [5, 5.41) is 0. The van der Waals surface area contributed by atoms with Gasteiger partial charge in [-0.1, -0.05) is 0 Å². The van der Waals surface area contributed by atoms with Crippen LogP contribution in [0.2, 0.25) is 0 Å². The molecule has 2 heteroatoms. The molecule has 2 fully saturated rings. The molecule has 1 nitrogen and oxygen atoms in total. The first kappa shape index (κ1) is 10.8. The Morgan fingerprint density at radius 1 is 1.25 bits per heavy atom. The van der Waals surface area contributed by atoms with Gasteiger partial charge in [0, 0.05) is 12.3 Å². The number of hydrogen-bond acceptors (Lipinski definition) is 0. The van der Waals surface area contributed by atoms with Gasteiger partial charge in [-0.2, -0.15) is 0 Å². The van der Waals surface area contributed by atoms with Crippen LogP contribution >= 0.6 is 0 Å². The summed E-state index contributed by atoms with van der Waals surface area (Å²) in [6.07, 6.45) is 6.05. The molecule has 1 aliphatic carbocycles. The van der Waals surface area contributed by atoms with Gasteiger partial charge in [-0.3, -0.25) is 0 Å². The molecule has 3 atom stereocenters. The molecule has 1 heterocycles. The maximum absolute atomic E-state index is 2.45. The van der Waals surface area contributed by atoms with Crippen molar-refractivity contribution in [2.24, 2.45) is 5.92 Å². The number of nitrogens with zero attached hydrogens (tertiary/aromatic N) is 1. The molecule has 1 aliphatic heterocycles. The van der Waals surface area contributed by atoms with Crippen LogP contribution in [0.15, 0.2) is 0 Å². The van der Waals surface area contributed by atoms with Gasteiger partial charge in [0.05, 0.1) is 26.2 Å². The Hall–Kier alpha value is 0.690. The lowest BCUT2D eigenvalue weighted by atomic mass is 10.0. The second-order valence-corrected chi connectivity index (χ2v) is 4.57. The summed E-state index contributed by atoms with van der Waals surface area (Å²) in [6, 6.07) is 1.04. The minimum Gasteiger partial charge on any atom is -1.00 e. The van der Waals surface area contributed by atoms with E-state index >= 15 is 0 Å². The van der Waals surface area contributed by atoms with Gasteiger partial charge >= 0.3 is 0 Å². The summed E-state index contributed by atoms with van der Waals surface area (Å²) in [4.78, 5) is 0. The van der Waals surface area contributed by atoms with Gasteiger partial charge in [0.25, 0.3) is 0 Å². The van der Waals surface area contributed by atoms with Crippen LogP contribution in [-0.4, -0.2) is 30.7 Å². The summed E-state index contributed by atoms with van der Waals surface area (Å²) in [6.45, 7) is 5.15. The van der Waals surface area contributed by atoms with Gasteiger partial charge in [0.1, 0.15) is 0 Å². The first-order chi connectivity index (χ1) is 5.26. The Morgan fingerprint density at radius 2 is 2.00 bits per heavy atom. The molecule has 0 radical (unpaired) electrons. The van der Waals surface area contributed by atoms with E-state index in [0.29, 0.717) is 0 Å².